The van der Waals surface area contributed by atoms with Gasteiger partial charge in [-0.1, -0.05) is 12.1 Å². The highest BCUT2D eigenvalue weighted by molar-refractivity contribution is 5.75. The highest BCUT2D eigenvalue weighted by atomic mass is 16.5. The lowest BCUT2D eigenvalue weighted by Gasteiger charge is -2.28. The van der Waals surface area contributed by atoms with Crippen LogP contribution in [0.1, 0.15) is 18.9 Å². The SMILES string of the molecule is CNC(C)(CC(N)=O)Cc1ccc(OC)cc1. The number of carbonyl (C=O) groups is 1. The zero-order valence-electron chi connectivity index (χ0n) is 10.6. The molecule has 94 valence electrons. The van der Waals surface area contributed by atoms with Crippen molar-refractivity contribution in [1.82, 2.24) is 5.32 Å². The molecule has 4 heteroatoms. The van der Waals surface area contributed by atoms with Gasteiger partial charge in [0.1, 0.15) is 5.75 Å². The van der Waals surface area contributed by atoms with Gasteiger partial charge in [-0.15, -0.1) is 0 Å². The molecule has 17 heavy (non-hydrogen) atoms. The number of carbonyl (C=O) groups excluding carboxylic acids is 1. The van der Waals surface area contributed by atoms with Crippen molar-refractivity contribution in [1.29, 1.82) is 0 Å². The average molecular weight is 236 g/mol. The lowest BCUT2D eigenvalue weighted by molar-refractivity contribution is -0.119. The molecule has 1 aromatic carbocycles. The Balaban J connectivity index is 2.75. The van der Waals surface area contributed by atoms with Crippen LogP contribution in [0.5, 0.6) is 5.75 Å². The van der Waals surface area contributed by atoms with Gasteiger partial charge < -0.3 is 15.8 Å². The van der Waals surface area contributed by atoms with Gasteiger partial charge in [0.15, 0.2) is 0 Å². The molecule has 0 aliphatic rings. The minimum Gasteiger partial charge on any atom is -0.497 e. The van der Waals surface area contributed by atoms with Crippen LogP contribution in [0, 0.1) is 0 Å². The molecule has 1 aromatic rings. The van der Waals surface area contributed by atoms with Crippen LogP contribution in [0.4, 0.5) is 0 Å². The largest absolute Gasteiger partial charge is 0.497 e. The van der Waals surface area contributed by atoms with Gasteiger partial charge in [0, 0.05) is 12.0 Å². The summed E-state index contributed by atoms with van der Waals surface area (Å²) >= 11 is 0. The Kier molecular flexibility index (Phi) is 4.52. The third-order valence-corrected chi connectivity index (χ3v) is 2.92. The average Bonchev–Trinajstić information content (AvgIpc) is 2.29. The smallest absolute Gasteiger partial charge is 0.219 e. The first kappa shape index (κ1) is 13.5. The summed E-state index contributed by atoms with van der Waals surface area (Å²) in [7, 11) is 3.48. The van der Waals surface area contributed by atoms with E-state index in [1.54, 1.807) is 7.11 Å². The van der Waals surface area contributed by atoms with E-state index in [2.05, 4.69) is 5.32 Å². The van der Waals surface area contributed by atoms with E-state index < -0.39 is 0 Å². The Bertz CT molecular complexity index is 376. The van der Waals surface area contributed by atoms with Crippen LogP contribution in [0.2, 0.25) is 0 Å². The Morgan fingerprint density at radius 2 is 2.00 bits per heavy atom. The Morgan fingerprint density at radius 1 is 1.41 bits per heavy atom. The second kappa shape index (κ2) is 5.68. The summed E-state index contributed by atoms with van der Waals surface area (Å²) in [5, 5.41) is 3.15. The minimum atomic E-state index is -0.305. The predicted molar refractivity (Wildman–Crippen MR) is 68.0 cm³/mol. The van der Waals surface area contributed by atoms with Gasteiger partial charge in [-0.2, -0.15) is 0 Å². The number of primary amides is 1. The second-order valence-corrected chi connectivity index (χ2v) is 4.48. The number of nitrogens with one attached hydrogen (secondary N) is 1. The molecule has 4 nitrogen and oxygen atoms in total. The molecule has 0 aliphatic heterocycles. The van der Waals surface area contributed by atoms with Crippen LogP contribution >= 0.6 is 0 Å². The Hall–Kier alpha value is -1.55. The number of methoxy groups -OCH3 is 1. The first-order chi connectivity index (χ1) is 7.99. The molecule has 0 bridgehead atoms. The third kappa shape index (κ3) is 4.07. The lowest BCUT2D eigenvalue weighted by atomic mass is 9.89. The quantitative estimate of drug-likeness (QED) is 0.777. The van der Waals surface area contributed by atoms with Crippen molar-refractivity contribution < 1.29 is 9.53 Å². The van der Waals surface area contributed by atoms with Crippen molar-refractivity contribution in [3.05, 3.63) is 29.8 Å². The monoisotopic (exact) mass is 236 g/mol. The Labute approximate surface area is 102 Å². The van der Waals surface area contributed by atoms with E-state index in [-0.39, 0.29) is 11.4 Å². The maximum absolute atomic E-state index is 11.0. The van der Waals surface area contributed by atoms with Crippen LogP contribution in [0.15, 0.2) is 24.3 Å². The maximum Gasteiger partial charge on any atom is 0.219 e. The van der Waals surface area contributed by atoms with Gasteiger partial charge in [0.2, 0.25) is 5.91 Å². The highest BCUT2D eigenvalue weighted by Crippen LogP contribution is 2.19. The lowest BCUT2D eigenvalue weighted by Crippen LogP contribution is -2.45. The maximum atomic E-state index is 11.0. The normalized spacial score (nSPS) is 14.1. The van der Waals surface area contributed by atoms with Crippen molar-refractivity contribution in [2.75, 3.05) is 14.2 Å². The Morgan fingerprint density at radius 3 is 2.41 bits per heavy atom. The van der Waals surface area contributed by atoms with Crippen molar-refractivity contribution in [2.24, 2.45) is 5.73 Å². The second-order valence-electron chi connectivity index (χ2n) is 4.48. The van der Waals surface area contributed by atoms with Crippen LogP contribution < -0.4 is 15.8 Å². The highest BCUT2D eigenvalue weighted by Gasteiger charge is 2.24. The number of hydrogen-bond acceptors (Lipinski definition) is 3. The van der Waals surface area contributed by atoms with Gasteiger partial charge in [-0.3, -0.25) is 4.79 Å². The van der Waals surface area contributed by atoms with E-state index >= 15 is 0 Å². The number of nitrogens with two attached hydrogens (primary N) is 1. The van der Waals surface area contributed by atoms with Crippen molar-refractivity contribution >= 4 is 5.91 Å². The molecule has 0 aromatic heterocycles. The molecular formula is C13H20N2O2. The zero-order valence-corrected chi connectivity index (χ0v) is 10.6. The first-order valence-electron chi connectivity index (χ1n) is 5.59. The van der Waals surface area contributed by atoms with E-state index in [4.69, 9.17) is 10.5 Å². The van der Waals surface area contributed by atoms with Crippen LogP contribution in [0.25, 0.3) is 0 Å². The van der Waals surface area contributed by atoms with E-state index in [9.17, 15) is 4.79 Å². The summed E-state index contributed by atoms with van der Waals surface area (Å²) in [5.74, 6) is 0.533. The van der Waals surface area contributed by atoms with Gasteiger partial charge in [0.05, 0.1) is 7.11 Å². The fraction of sp³-hybridized carbons (Fsp3) is 0.462. The van der Waals surface area contributed by atoms with Crippen LogP contribution in [-0.2, 0) is 11.2 Å². The summed E-state index contributed by atoms with van der Waals surface area (Å²) in [6.45, 7) is 1.99. The molecule has 0 spiro atoms. The molecule has 0 saturated heterocycles. The zero-order chi connectivity index (χ0) is 12.9. The molecule has 0 radical (unpaired) electrons. The van der Waals surface area contributed by atoms with Crippen molar-refractivity contribution in [3.8, 4) is 5.75 Å². The molecule has 1 atom stereocenters. The van der Waals surface area contributed by atoms with Gasteiger partial charge in [0.25, 0.3) is 0 Å². The fourth-order valence-corrected chi connectivity index (χ4v) is 1.82. The molecule has 1 amide bonds. The molecule has 3 N–H and O–H groups in total. The minimum absolute atomic E-state index is 0.296. The molecule has 1 rings (SSSR count). The summed E-state index contributed by atoms with van der Waals surface area (Å²) < 4.78 is 5.10. The first-order valence-corrected chi connectivity index (χ1v) is 5.59. The molecule has 1 unspecified atom stereocenters. The van der Waals surface area contributed by atoms with Gasteiger partial charge in [-0.25, -0.2) is 0 Å². The van der Waals surface area contributed by atoms with Gasteiger partial charge in [-0.05, 0) is 38.1 Å². The molecule has 0 aliphatic carbocycles. The number of rotatable bonds is 6. The summed E-state index contributed by atoms with van der Waals surface area (Å²) in [6, 6.07) is 7.82. The number of ether oxygens (including phenoxy) is 1. The van der Waals surface area contributed by atoms with E-state index in [1.165, 1.54) is 0 Å². The summed E-state index contributed by atoms with van der Waals surface area (Å²) in [5.41, 5.74) is 6.09. The van der Waals surface area contributed by atoms with E-state index in [0.717, 1.165) is 17.7 Å². The predicted octanol–water partition coefficient (Wildman–Crippen LogP) is 1.09. The van der Waals surface area contributed by atoms with Gasteiger partial charge >= 0.3 is 0 Å². The fourth-order valence-electron chi connectivity index (χ4n) is 1.82. The number of likely N-dealkylation sites (N-methyl/N-ethyl adjacent to an activating group) is 1. The molecule has 0 fully saturated rings. The van der Waals surface area contributed by atoms with E-state index in [1.807, 2.05) is 38.2 Å². The summed E-state index contributed by atoms with van der Waals surface area (Å²) in [4.78, 5) is 11.0. The number of amides is 1. The number of hydrogen-bond donors (Lipinski definition) is 2. The topological polar surface area (TPSA) is 64.3 Å². The van der Waals surface area contributed by atoms with Crippen LogP contribution in [-0.4, -0.2) is 25.6 Å². The van der Waals surface area contributed by atoms with E-state index in [0.29, 0.717) is 6.42 Å². The standard InChI is InChI=1S/C13H20N2O2/c1-13(15-2,9-12(14)16)8-10-4-6-11(17-3)7-5-10/h4-7,15H,8-9H2,1-3H3,(H2,14,16). The molecule has 0 saturated carbocycles. The number of benzene rings is 1. The summed E-state index contributed by atoms with van der Waals surface area (Å²) in [6.07, 6.45) is 1.06. The van der Waals surface area contributed by atoms with Crippen LogP contribution in [0.3, 0.4) is 0 Å². The molecular weight excluding hydrogens is 216 g/mol. The van der Waals surface area contributed by atoms with Crippen molar-refractivity contribution in [2.45, 2.75) is 25.3 Å². The molecule has 0 heterocycles. The van der Waals surface area contributed by atoms with Crippen molar-refractivity contribution in [3.63, 3.8) is 0 Å². The third-order valence-electron chi connectivity index (χ3n) is 2.92.